The molecular formula is C19H21ClF2N2O2. The highest BCUT2D eigenvalue weighted by molar-refractivity contribution is 6.01. The van der Waals surface area contributed by atoms with Gasteiger partial charge in [0, 0.05) is 19.1 Å². The minimum Gasteiger partial charge on any atom is -0.434 e. The molecule has 3 unspecified atom stereocenters. The van der Waals surface area contributed by atoms with Gasteiger partial charge in [-0.1, -0.05) is 24.3 Å². The Morgan fingerprint density at radius 3 is 2.50 bits per heavy atom. The number of nitrogens with zero attached hydrogens (tertiary/aromatic N) is 1. The van der Waals surface area contributed by atoms with Gasteiger partial charge in [0.05, 0.1) is 5.56 Å². The maximum absolute atomic E-state index is 13.0. The van der Waals surface area contributed by atoms with Crippen LogP contribution in [-0.4, -0.2) is 36.5 Å². The molecule has 0 spiro atoms. The molecule has 3 atom stereocenters. The lowest BCUT2D eigenvalue weighted by molar-refractivity contribution is -0.0501. The van der Waals surface area contributed by atoms with Crippen molar-refractivity contribution in [1.82, 2.24) is 4.90 Å². The van der Waals surface area contributed by atoms with Gasteiger partial charge in [0.15, 0.2) is 0 Å². The lowest BCUT2D eigenvalue weighted by Gasteiger charge is -2.21. The van der Waals surface area contributed by atoms with E-state index in [9.17, 15) is 13.6 Å². The number of amides is 1. The summed E-state index contributed by atoms with van der Waals surface area (Å²) in [6, 6.07) is 10.6. The molecule has 1 aliphatic carbocycles. The summed E-state index contributed by atoms with van der Waals surface area (Å²) in [5.41, 5.74) is 6.32. The van der Waals surface area contributed by atoms with Crippen LogP contribution in [0.4, 0.5) is 8.78 Å². The third kappa shape index (κ3) is 3.35. The van der Waals surface area contributed by atoms with Gasteiger partial charge < -0.3 is 15.4 Å². The molecule has 2 aromatic rings. The summed E-state index contributed by atoms with van der Waals surface area (Å²) in [6.45, 7) is -1.75. The summed E-state index contributed by atoms with van der Waals surface area (Å²) in [4.78, 5) is 14.7. The van der Waals surface area contributed by atoms with Crippen LogP contribution >= 0.6 is 12.4 Å². The number of benzene rings is 2. The van der Waals surface area contributed by atoms with Crippen LogP contribution in [-0.2, 0) is 0 Å². The highest BCUT2D eigenvalue weighted by atomic mass is 35.5. The van der Waals surface area contributed by atoms with E-state index in [1.54, 1.807) is 17.0 Å². The molecule has 4 rings (SSSR count). The lowest BCUT2D eigenvalue weighted by atomic mass is 9.98. The Bertz CT molecular complexity index is 817. The van der Waals surface area contributed by atoms with Crippen LogP contribution in [0.5, 0.6) is 5.75 Å². The number of fused-ring (bicyclic) bond motifs is 2. The first-order valence-corrected chi connectivity index (χ1v) is 8.55. The molecule has 1 heterocycles. The molecule has 1 amide bonds. The van der Waals surface area contributed by atoms with Crippen molar-refractivity contribution in [2.24, 2.45) is 17.6 Å². The number of likely N-dealkylation sites (tertiary alicyclic amines) is 1. The molecule has 0 bridgehead atoms. The fourth-order valence-electron chi connectivity index (χ4n) is 4.22. The van der Waals surface area contributed by atoms with Gasteiger partial charge >= 0.3 is 6.61 Å². The number of hydrogen-bond donors (Lipinski definition) is 1. The van der Waals surface area contributed by atoms with Crippen LogP contribution in [0, 0.1) is 11.8 Å². The van der Waals surface area contributed by atoms with E-state index >= 15 is 0 Å². The Morgan fingerprint density at radius 1 is 1.15 bits per heavy atom. The topological polar surface area (TPSA) is 55.6 Å². The fourth-order valence-corrected chi connectivity index (χ4v) is 4.22. The Morgan fingerprint density at radius 2 is 1.85 bits per heavy atom. The second-order valence-electron chi connectivity index (χ2n) is 6.95. The molecule has 26 heavy (non-hydrogen) atoms. The molecule has 2 aliphatic rings. The molecule has 2 fully saturated rings. The largest absolute Gasteiger partial charge is 0.434 e. The molecule has 2 aromatic carbocycles. The molecule has 2 N–H and O–H groups in total. The van der Waals surface area contributed by atoms with Gasteiger partial charge in [-0.3, -0.25) is 4.79 Å². The predicted molar refractivity (Wildman–Crippen MR) is 97.9 cm³/mol. The Labute approximate surface area is 156 Å². The normalized spacial score (nSPS) is 24.6. The average molecular weight is 383 g/mol. The fraction of sp³-hybridized carbons (Fsp3) is 0.421. The van der Waals surface area contributed by atoms with Crippen LogP contribution < -0.4 is 10.5 Å². The molecule has 7 heteroatoms. The quantitative estimate of drug-likeness (QED) is 0.881. The lowest BCUT2D eigenvalue weighted by Crippen LogP contribution is -2.33. The SMILES string of the molecule is Cl.NC1CCC2CN(C(=O)c3cc4ccccc4cc3OC(F)F)CC12. The molecule has 1 saturated heterocycles. The minimum absolute atomic E-state index is 0. The van der Waals surface area contributed by atoms with Crippen molar-refractivity contribution in [1.29, 1.82) is 0 Å². The number of halogens is 3. The number of carbonyl (C=O) groups excluding carboxylic acids is 1. The second kappa shape index (κ2) is 7.37. The zero-order chi connectivity index (χ0) is 17.6. The summed E-state index contributed by atoms with van der Waals surface area (Å²) < 4.78 is 30.3. The average Bonchev–Trinajstić information content (AvgIpc) is 3.15. The van der Waals surface area contributed by atoms with Crippen LogP contribution in [0.1, 0.15) is 23.2 Å². The highest BCUT2D eigenvalue weighted by Gasteiger charge is 2.43. The van der Waals surface area contributed by atoms with Crippen molar-refractivity contribution in [3.8, 4) is 5.75 Å². The van der Waals surface area contributed by atoms with Gasteiger partial charge in [-0.2, -0.15) is 8.78 Å². The van der Waals surface area contributed by atoms with Gasteiger partial charge in [0.25, 0.3) is 5.91 Å². The Hall–Kier alpha value is -1.92. The molecule has 0 aromatic heterocycles. The van der Waals surface area contributed by atoms with E-state index in [0.717, 1.165) is 23.6 Å². The molecule has 0 radical (unpaired) electrons. The first-order chi connectivity index (χ1) is 12.0. The smallest absolute Gasteiger partial charge is 0.387 e. The first-order valence-electron chi connectivity index (χ1n) is 8.55. The zero-order valence-corrected chi connectivity index (χ0v) is 14.9. The van der Waals surface area contributed by atoms with E-state index in [-0.39, 0.29) is 35.7 Å². The van der Waals surface area contributed by atoms with Crippen molar-refractivity contribution in [2.75, 3.05) is 13.1 Å². The van der Waals surface area contributed by atoms with Crippen molar-refractivity contribution < 1.29 is 18.3 Å². The van der Waals surface area contributed by atoms with Crippen molar-refractivity contribution in [2.45, 2.75) is 25.5 Å². The predicted octanol–water partition coefficient (Wildman–Crippen LogP) is 3.67. The molecule has 1 aliphatic heterocycles. The Balaban J connectivity index is 0.00000196. The summed E-state index contributed by atoms with van der Waals surface area (Å²) >= 11 is 0. The third-order valence-electron chi connectivity index (χ3n) is 5.49. The van der Waals surface area contributed by atoms with Gasteiger partial charge in [-0.15, -0.1) is 12.4 Å². The van der Waals surface area contributed by atoms with E-state index in [1.807, 2.05) is 18.2 Å². The van der Waals surface area contributed by atoms with Crippen molar-refractivity contribution in [3.05, 3.63) is 42.0 Å². The number of alkyl halides is 2. The monoisotopic (exact) mass is 382 g/mol. The van der Waals surface area contributed by atoms with E-state index in [0.29, 0.717) is 24.9 Å². The number of hydrogen-bond acceptors (Lipinski definition) is 3. The number of rotatable bonds is 3. The summed E-state index contributed by atoms with van der Waals surface area (Å²) in [7, 11) is 0. The Kier molecular flexibility index (Phi) is 5.34. The maximum atomic E-state index is 13.0. The number of ether oxygens (including phenoxy) is 1. The van der Waals surface area contributed by atoms with E-state index < -0.39 is 6.61 Å². The van der Waals surface area contributed by atoms with E-state index in [1.165, 1.54) is 6.07 Å². The number of nitrogens with two attached hydrogens (primary N) is 1. The van der Waals surface area contributed by atoms with Crippen LogP contribution in [0.25, 0.3) is 10.8 Å². The van der Waals surface area contributed by atoms with Crippen LogP contribution in [0.3, 0.4) is 0 Å². The molecule has 1 saturated carbocycles. The van der Waals surface area contributed by atoms with Crippen LogP contribution in [0.15, 0.2) is 36.4 Å². The first kappa shape index (κ1) is 18.9. The minimum atomic E-state index is -2.97. The zero-order valence-electron chi connectivity index (χ0n) is 14.1. The summed E-state index contributed by atoms with van der Waals surface area (Å²) in [5.74, 6) is 0.394. The van der Waals surface area contributed by atoms with Gasteiger partial charge in [0.2, 0.25) is 0 Å². The highest BCUT2D eigenvalue weighted by Crippen LogP contribution is 2.38. The molecule has 140 valence electrons. The van der Waals surface area contributed by atoms with Gasteiger partial charge in [-0.05, 0) is 47.6 Å². The third-order valence-corrected chi connectivity index (χ3v) is 5.49. The standard InChI is InChI=1S/C19H20F2N2O2.ClH/c20-19(21)25-17-8-12-4-2-1-3-11(12)7-14(17)18(24)23-9-13-5-6-16(22)15(13)10-23;/h1-4,7-8,13,15-16,19H,5-6,9-10,22H2;1H. The summed E-state index contributed by atoms with van der Waals surface area (Å²) in [6.07, 6.45) is 2.01. The van der Waals surface area contributed by atoms with Crippen molar-refractivity contribution >= 4 is 29.1 Å². The van der Waals surface area contributed by atoms with Crippen molar-refractivity contribution in [3.63, 3.8) is 0 Å². The number of carbonyl (C=O) groups is 1. The van der Waals surface area contributed by atoms with Gasteiger partial charge in [0.1, 0.15) is 5.75 Å². The molecular weight excluding hydrogens is 362 g/mol. The van der Waals surface area contributed by atoms with Crippen LogP contribution in [0.2, 0.25) is 0 Å². The van der Waals surface area contributed by atoms with E-state index in [4.69, 9.17) is 5.73 Å². The van der Waals surface area contributed by atoms with E-state index in [2.05, 4.69) is 4.74 Å². The second-order valence-corrected chi connectivity index (χ2v) is 6.95. The molecule has 4 nitrogen and oxygen atoms in total. The maximum Gasteiger partial charge on any atom is 0.387 e. The summed E-state index contributed by atoms with van der Waals surface area (Å²) in [5, 5.41) is 1.58. The van der Waals surface area contributed by atoms with Gasteiger partial charge in [-0.25, -0.2) is 0 Å².